The van der Waals surface area contributed by atoms with Gasteiger partial charge < -0.3 is 9.64 Å². The Kier molecular flexibility index (Phi) is 5.16. The number of aliphatic imine (C=N–C) groups is 1. The van der Waals surface area contributed by atoms with E-state index in [0.29, 0.717) is 17.3 Å². The zero-order valence-electron chi connectivity index (χ0n) is 15.3. The Bertz CT molecular complexity index is 1000. The minimum atomic E-state index is -3.08. The highest BCUT2D eigenvalue weighted by molar-refractivity contribution is 8.16. The maximum atomic E-state index is 12.1. The summed E-state index contributed by atoms with van der Waals surface area (Å²) in [6.45, 7) is 1.76. The van der Waals surface area contributed by atoms with Gasteiger partial charge in [0.15, 0.2) is 15.0 Å². The van der Waals surface area contributed by atoms with E-state index in [9.17, 15) is 13.2 Å². The van der Waals surface area contributed by atoms with Crippen LogP contribution in [0.2, 0.25) is 0 Å². The average molecular weight is 417 g/mol. The van der Waals surface area contributed by atoms with Crippen molar-refractivity contribution in [2.24, 2.45) is 4.99 Å². The summed E-state index contributed by atoms with van der Waals surface area (Å²) in [5, 5.41) is 0.474. The molecule has 146 valence electrons. The summed E-state index contributed by atoms with van der Waals surface area (Å²) in [6, 6.07) is 16.7. The molecule has 2 heterocycles. The summed E-state index contributed by atoms with van der Waals surface area (Å²) in [4.78, 5) is 18.0. The number of sulfone groups is 1. The topological polar surface area (TPSA) is 76.0 Å². The van der Waals surface area contributed by atoms with Crippen molar-refractivity contribution in [3.05, 3.63) is 54.6 Å². The van der Waals surface area contributed by atoms with Gasteiger partial charge in [-0.1, -0.05) is 36.9 Å². The standard InChI is InChI=1S/C20H20N2O4S2/c1-2-19(23)21-20-22(17-12-28(24,25)13-18(17)27-20)14-8-10-16(11-9-14)26-15-6-4-3-5-7-15/h3-11,17-18H,2,12-13H2,1H3/t17-,18-/m1/s1. The van der Waals surface area contributed by atoms with E-state index >= 15 is 0 Å². The van der Waals surface area contributed by atoms with Gasteiger partial charge in [0.1, 0.15) is 11.5 Å². The average Bonchev–Trinajstić information content (AvgIpc) is 3.14. The van der Waals surface area contributed by atoms with E-state index in [1.807, 2.05) is 59.5 Å². The molecule has 0 spiro atoms. The number of rotatable bonds is 4. The number of ether oxygens (including phenoxy) is 1. The van der Waals surface area contributed by atoms with E-state index in [4.69, 9.17) is 4.74 Å². The van der Waals surface area contributed by atoms with Crippen LogP contribution in [0.1, 0.15) is 13.3 Å². The fourth-order valence-electron chi connectivity index (χ4n) is 3.35. The van der Waals surface area contributed by atoms with E-state index in [0.717, 1.165) is 11.4 Å². The van der Waals surface area contributed by atoms with E-state index < -0.39 is 9.84 Å². The van der Waals surface area contributed by atoms with Gasteiger partial charge in [-0.3, -0.25) is 4.79 Å². The number of fused-ring (bicyclic) bond motifs is 1. The van der Waals surface area contributed by atoms with Crippen molar-refractivity contribution in [2.75, 3.05) is 16.4 Å². The first-order valence-electron chi connectivity index (χ1n) is 9.06. The van der Waals surface area contributed by atoms with E-state index in [1.165, 1.54) is 11.8 Å². The molecule has 1 amide bonds. The highest BCUT2D eigenvalue weighted by Crippen LogP contribution is 2.41. The van der Waals surface area contributed by atoms with Crippen molar-refractivity contribution >= 4 is 38.4 Å². The largest absolute Gasteiger partial charge is 0.457 e. The van der Waals surface area contributed by atoms with Crippen LogP contribution in [-0.4, -0.2) is 42.3 Å². The minimum absolute atomic E-state index is 0.0757. The van der Waals surface area contributed by atoms with Crippen LogP contribution in [0.3, 0.4) is 0 Å². The first-order valence-corrected chi connectivity index (χ1v) is 11.8. The Morgan fingerprint density at radius 1 is 1.11 bits per heavy atom. The summed E-state index contributed by atoms with van der Waals surface area (Å²) < 4.78 is 30.0. The van der Waals surface area contributed by atoms with Crippen molar-refractivity contribution in [1.29, 1.82) is 0 Å². The predicted molar refractivity (Wildman–Crippen MR) is 112 cm³/mol. The molecule has 28 heavy (non-hydrogen) atoms. The first-order chi connectivity index (χ1) is 13.4. The Labute approximate surface area is 168 Å². The molecule has 0 radical (unpaired) electrons. The number of amidine groups is 1. The lowest BCUT2D eigenvalue weighted by atomic mass is 10.2. The number of benzene rings is 2. The van der Waals surface area contributed by atoms with Crippen molar-refractivity contribution < 1.29 is 17.9 Å². The number of thioether (sulfide) groups is 1. The second-order valence-electron chi connectivity index (χ2n) is 6.72. The molecule has 0 aliphatic carbocycles. The van der Waals surface area contributed by atoms with Gasteiger partial charge >= 0.3 is 0 Å². The van der Waals surface area contributed by atoms with Crippen LogP contribution in [0.15, 0.2) is 59.6 Å². The van der Waals surface area contributed by atoms with Crippen molar-refractivity contribution in [3.63, 3.8) is 0 Å². The van der Waals surface area contributed by atoms with E-state index in [2.05, 4.69) is 4.99 Å². The van der Waals surface area contributed by atoms with Gasteiger partial charge in [0, 0.05) is 17.4 Å². The van der Waals surface area contributed by atoms with Gasteiger partial charge in [-0.25, -0.2) is 8.42 Å². The smallest absolute Gasteiger partial charge is 0.247 e. The highest BCUT2D eigenvalue weighted by Gasteiger charge is 2.49. The second-order valence-corrected chi connectivity index (χ2v) is 10.1. The molecule has 2 aromatic carbocycles. The third kappa shape index (κ3) is 3.93. The van der Waals surface area contributed by atoms with Crippen LogP contribution < -0.4 is 9.64 Å². The predicted octanol–water partition coefficient (Wildman–Crippen LogP) is 3.49. The van der Waals surface area contributed by atoms with Gasteiger partial charge in [-0.2, -0.15) is 4.99 Å². The fraction of sp³-hybridized carbons (Fsp3) is 0.300. The fourth-order valence-corrected chi connectivity index (χ4v) is 7.28. The van der Waals surface area contributed by atoms with Gasteiger partial charge in [-0.05, 0) is 36.4 Å². The number of carbonyl (C=O) groups is 1. The number of hydrogen-bond acceptors (Lipinski definition) is 5. The molecule has 0 bridgehead atoms. The quantitative estimate of drug-likeness (QED) is 0.759. The molecule has 2 aliphatic heterocycles. The Hall–Kier alpha value is -2.32. The van der Waals surface area contributed by atoms with Crippen LogP contribution in [-0.2, 0) is 14.6 Å². The SMILES string of the molecule is CCC(=O)N=C1S[C@@H]2CS(=O)(=O)C[C@H]2N1c1ccc(Oc2ccccc2)cc1. The summed E-state index contributed by atoms with van der Waals surface area (Å²) in [6.07, 6.45) is 0.315. The maximum absolute atomic E-state index is 12.1. The van der Waals surface area contributed by atoms with Crippen molar-refractivity contribution in [1.82, 2.24) is 0 Å². The molecule has 8 heteroatoms. The number of nitrogens with zero attached hydrogens (tertiary/aromatic N) is 2. The number of para-hydroxylation sites is 1. The molecule has 6 nitrogen and oxygen atoms in total. The number of hydrogen-bond donors (Lipinski definition) is 0. The third-order valence-corrected chi connectivity index (χ3v) is 7.89. The molecule has 2 atom stereocenters. The number of amides is 1. The Balaban J connectivity index is 1.62. The molecular weight excluding hydrogens is 396 g/mol. The monoisotopic (exact) mass is 416 g/mol. The van der Waals surface area contributed by atoms with Crippen LogP contribution in [0.25, 0.3) is 0 Å². The summed E-state index contributed by atoms with van der Waals surface area (Å²) in [7, 11) is -3.08. The molecule has 2 aliphatic rings. The Morgan fingerprint density at radius 3 is 2.46 bits per heavy atom. The van der Waals surface area contributed by atoms with E-state index in [-0.39, 0.29) is 28.7 Å². The molecule has 0 unspecified atom stereocenters. The molecule has 0 aromatic heterocycles. The lowest BCUT2D eigenvalue weighted by Gasteiger charge is -2.24. The van der Waals surface area contributed by atoms with E-state index in [1.54, 1.807) is 6.92 Å². The molecule has 2 fully saturated rings. The lowest BCUT2D eigenvalue weighted by Crippen LogP contribution is -2.37. The summed E-state index contributed by atoms with van der Waals surface area (Å²) in [5.74, 6) is 1.41. The molecule has 4 rings (SSSR count). The van der Waals surface area contributed by atoms with Crippen LogP contribution >= 0.6 is 11.8 Å². The zero-order valence-corrected chi connectivity index (χ0v) is 16.9. The first kappa shape index (κ1) is 19.0. The minimum Gasteiger partial charge on any atom is -0.457 e. The van der Waals surface area contributed by atoms with Crippen LogP contribution in [0, 0.1) is 0 Å². The Morgan fingerprint density at radius 2 is 1.79 bits per heavy atom. The van der Waals surface area contributed by atoms with Crippen molar-refractivity contribution in [2.45, 2.75) is 24.6 Å². The molecule has 0 N–H and O–H groups in total. The molecule has 0 saturated carbocycles. The maximum Gasteiger partial charge on any atom is 0.247 e. The van der Waals surface area contributed by atoms with Crippen LogP contribution in [0.5, 0.6) is 11.5 Å². The van der Waals surface area contributed by atoms with Gasteiger partial charge in [0.2, 0.25) is 5.91 Å². The number of carbonyl (C=O) groups excluding carboxylic acids is 1. The van der Waals surface area contributed by atoms with Crippen molar-refractivity contribution in [3.8, 4) is 11.5 Å². The molecule has 2 saturated heterocycles. The van der Waals surface area contributed by atoms with Crippen LogP contribution in [0.4, 0.5) is 5.69 Å². The third-order valence-electron chi connectivity index (χ3n) is 4.68. The zero-order chi connectivity index (χ0) is 19.7. The number of anilines is 1. The van der Waals surface area contributed by atoms with Gasteiger partial charge in [0.05, 0.1) is 17.5 Å². The molecular formula is C20H20N2O4S2. The molecule has 2 aromatic rings. The lowest BCUT2D eigenvalue weighted by molar-refractivity contribution is -0.117. The normalized spacial score (nSPS) is 24.3. The second kappa shape index (κ2) is 7.60. The summed E-state index contributed by atoms with van der Waals surface area (Å²) in [5.41, 5.74) is 0.806. The van der Waals surface area contributed by atoms with Gasteiger partial charge in [0.25, 0.3) is 0 Å². The highest BCUT2D eigenvalue weighted by atomic mass is 32.2. The summed E-state index contributed by atoms with van der Waals surface area (Å²) >= 11 is 1.38. The van der Waals surface area contributed by atoms with Gasteiger partial charge in [-0.15, -0.1) is 0 Å².